The maximum absolute atomic E-state index is 13.9. The lowest BCUT2D eigenvalue weighted by Crippen LogP contribution is -2.59. The van der Waals surface area contributed by atoms with Crippen LogP contribution in [0.4, 0.5) is 4.39 Å². The first-order valence-corrected chi connectivity index (χ1v) is 16.4. The van der Waals surface area contributed by atoms with Gasteiger partial charge in [-0.05, 0) is 74.5 Å². The molecule has 2 amide bonds. The third-order valence-corrected chi connectivity index (χ3v) is 10.0. The molecule has 42 heavy (non-hydrogen) atoms. The van der Waals surface area contributed by atoms with E-state index < -0.39 is 50.5 Å². The Balaban J connectivity index is 1.92. The maximum Gasteiger partial charge on any atom is 0.245 e. The van der Waals surface area contributed by atoms with Crippen molar-refractivity contribution in [2.24, 2.45) is 5.41 Å². The lowest BCUT2D eigenvalue weighted by molar-refractivity contribution is -0.140. The number of halogens is 1. The van der Waals surface area contributed by atoms with Crippen molar-refractivity contribution < 1.29 is 31.2 Å². The Morgan fingerprint density at radius 3 is 2.45 bits per heavy atom. The summed E-state index contributed by atoms with van der Waals surface area (Å²) in [6.45, 7) is 7.73. The summed E-state index contributed by atoms with van der Waals surface area (Å²) in [4.78, 5) is 28.1. The molecule has 1 heterocycles. The van der Waals surface area contributed by atoms with Gasteiger partial charge in [0.1, 0.15) is 11.9 Å². The number of hydrogen-bond donors (Lipinski definition) is 3. The number of hydrogen-bond acceptors (Lipinski definition) is 6. The highest BCUT2D eigenvalue weighted by molar-refractivity contribution is 7.89. The molecule has 10 nitrogen and oxygen atoms in total. The van der Waals surface area contributed by atoms with Crippen LogP contribution in [0, 0.1) is 11.2 Å². The van der Waals surface area contributed by atoms with Gasteiger partial charge >= 0.3 is 0 Å². The third kappa shape index (κ3) is 8.44. The van der Waals surface area contributed by atoms with E-state index in [1.807, 2.05) is 20.8 Å². The van der Waals surface area contributed by atoms with Crippen molar-refractivity contribution in [1.29, 1.82) is 0 Å². The predicted octanol–water partition coefficient (Wildman–Crippen LogP) is 2.77. The number of rotatable bonds is 12. The number of nitrogens with zero attached hydrogens (tertiary/aromatic N) is 2. The van der Waals surface area contributed by atoms with E-state index >= 15 is 0 Å². The van der Waals surface area contributed by atoms with Gasteiger partial charge in [-0.25, -0.2) is 17.0 Å². The number of likely N-dealkylation sites (N-methyl/N-ethyl adjacent to an activating group) is 1. The first-order valence-electron chi connectivity index (χ1n) is 13.9. The largest absolute Gasteiger partial charge is 0.342 e. The van der Waals surface area contributed by atoms with Crippen LogP contribution in [0.5, 0.6) is 0 Å². The Morgan fingerprint density at radius 2 is 1.86 bits per heavy atom. The van der Waals surface area contributed by atoms with E-state index in [-0.39, 0.29) is 41.1 Å². The Morgan fingerprint density at radius 1 is 1.19 bits per heavy atom. The van der Waals surface area contributed by atoms with Crippen molar-refractivity contribution in [1.82, 2.24) is 19.8 Å². The summed E-state index contributed by atoms with van der Waals surface area (Å²) in [6, 6.07) is 9.29. The molecule has 0 spiro atoms. The van der Waals surface area contributed by atoms with E-state index in [4.69, 9.17) is 0 Å². The molecular formula is C29H41FN4O6S2. The van der Waals surface area contributed by atoms with E-state index in [9.17, 15) is 31.2 Å². The predicted molar refractivity (Wildman–Crippen MR) is 159 cm³/mol. The minimum absolute atomic E-state index is 0.0144. The lowest BCUT2D eigenvalue weighted by Gasteiger charge is -2.37. The van der Waals surface area contributed by atoms with Crippen LogP contribution in [0.1, 0.15) is 46.1 Å². The first-order chi connectivity index (χ1) is 19.6. The average molecular weight is 625 g/mol. The van der Waals surface area contributed by atoms with Crippen molar-refractivity contribution in [3.05, 3.63) is 59.9 Å². The summed E-state index contributed by atoms with van der Waals surface area (Å²) in [7, 11) is -2.50. The molecule has 0 saturated carbocycles. The van der Waals surface area contributed by atoms with E-state index in [0.717, 1.165) is 5.56 Å². The lowest BCUT2D eigenvalue weighted by atomic mass is 9.85. The number of likely N-dealkylation sites (tertiary alicyclic amines) is 1. The van der Waals surface area contributed by atoms with E-state index in [0.29, 0.717) is 19.4 Å². The molecule has 2 aromatic rings. The van der Waals surface area contributed by atoms with Crippen LogP contribution in [0.3, 0.4) is 0 Å². The Labute approximate surface area is 250 Å². The topological polar surface area (TPSA) is 136 Å². The monoisotopic (exact) mass is 624 g/mol. The molecule has 0 aliphatic carbocycles. The van der Waals surface area contributed by atoms with Crippen LogP contribution in [0.2, 0.25) is 0 Å². The molecule has 3 N–H and O–H groups in total. The average Bonchev–Trinajstić information content (AvgIpc) is 3.41. The Kier molecular flexibility index (Phi) is 11.4. The molecule has 0 bridgehead atoms. The van der Waals surface area contributed by atoms with Gasteiger partial charge in [0.05, 0.1) is 15.8 Å². The number of nitrogens with one attached hydrogen (secondary N) is 2. The molecule has 232 valence electrons. The smallest absolute Gasteiger partial charge is 0.245 e. The molecule has 1 fully saturated rings. The van der Waals surface area contributed by atoms with E-state index in [1.165, 1.54) is 40.7 Å². The molecule has 0 radical (unpaired) electrons. The van der Waals surface area contributed by atoms with Gasteiger partial charge in [0, 0.05) is 25.7 Å². The second-order valence-electron chi connectivity index (χ2n) is 11.6. The SMILES string of the molecule is CN[C@@H](C)C(=O)N[C@H](C(=O)N1CCC[C@H]1CN(CCc1ccc(F)cc1)S(=O)(=O)c1cccc(S(=O)O)c1)C(C)(C)C. The molecule has 0 aromatic heterocycles. The second kappa shape index (κ2) is 14.2. The fourth-order valence-electron chi connectivity index (χ4n) is 4.87. The zero-order valence-electron chi connectivity index (χ0n) is 24.7. The molecule has 2 aromatic carbocycles. The summed E-state index contributed by atoms with van der Waals surface area (Å²) in [6.07, 6.45) is 1.51. The highest BCUT2D eigenvalue weighted by Gasteiger charge is 2.41. The van der Waals surface area contributed by atoms with Crippen LogP contribution in [-0.4, -0.2) is 83.0 Å². The molecule has 13 heteroatoms. The Bertz CT molecular complexity index is 1380. The van der Waals surface area contributed by atoms with Gasteiger partial charge in [-0.2, -0.15) is 4.31 Å². The summed E-state index contributed by atoms with van der Waals surface area (Å²) < 4.78 is 63.8. The summed E-state index contributed by atoms with van der Waals surface area (Å²) in [5.41, 5.74) is 0.123. The van der Waals surface area contributed by atoms with Gasteiger partial charge in [0.15, 0.2) is 11.1 Å². The normalized spacial score (nSPS) is 18.1. The molecule has 1 aliphatic heterocycles. The highest BCUT2D eigenvalue weighted by atomic mass is 32.2. The third-order valence-electron chi connectivity index (χ3n) is 7.51. The van der Waals surface area contributed by atoms with Crippen LogP contribution in [-0.2, 0) is 37.1 Å². The summed E-state index contributed by atoms with van der Waals surface area (Å²) >= 11 is -2.37. The van der Waals surface area contributed by atoms with Crippen LogP contribution in [0.25, 0.3) is 0 Å². The standard InChI is InChI=1S/C29H41FN4O6S2/c1-20(31-5)27(35)32-26(29(2,3)4)28(36)34-16-7-8-23(34)19-33(17-15-21-11-13-22(30)14-12-21)42(39,40)25-10-6-9-24(18-25)41(37)38/h6,9-14,18,20,23,26,31H,7-8,15-17,19H2,1-5H3,(H,32,35)(H,37,38)/t20-,23-,26+/m0/s1. The van der Waals surface area contributed by atoms with Gasteiger partial charge < -0.3 is 20.1 Å². The number of carbonyl (C=O) groups is 2. The number of amides is 2. The molecular weight excluding hydrogens is 583 g/mol. The fourth-order valence-corrected chi connectivity index (χ4v) is 6.89. The highest BCUT2D eigenvalue weighted by Crippen LogP contribution is 2.28. The van der Waals surface area contributed by atoms with Crippen molar-refractivity contribution >= 4 is 32.9 Å². The van der Waals surface area contributed by atoms with Crippen molar-refractivity contribution in [2.75, 3.05) is 26.7 Å². The summed E-state index contributed by atoms with van der Waals surface area (Å²) in [5.74, 6) is -0.997. The van der Waals surface area contributed by atoms with E-state index in [2.05, 4.69) is 10.6 Å². The molecule has 1 unspecified atom stereocenters. The first kappa shape index (κ1) is 33.8. The summed E-state index contributed by atoms with van der Waals surface area (Å²) in [5, 5.41) is 5.75. The molecule has 1 aliphatic rings. The van der Waals surface area contributed by atoms with Crippen molar-refractivity contribution in [3.8, 4) is 0 Å². The van der Waals surface area contributed by atoms with Crippen molar-refractivity contribution in [2.45, 2.75) is 74.9 Å². The fraction of sp³-hybridized carbons (Fsp3) is 0.517. The van der Waals surface area contributed by atoms with Crippen LogP contribution < -0.4 is 10.6 Å². The zero-order chi connectivity index (χ0) is 31.2. The van der Waals surface area contributed by atoms with Crippen molar-refractivity contribution in [3.63, 3.8) is 0 Å². The molecule has 1 saturated heterocycles. The second-order valence-corrected chi connectivity index (χ2v) is 14.5. The Hall–Kier alpha value is -2.71. The van der Waals surface area contributed by atoms with Crippen LogP contribution >= 0.6 is 0 Å². The van der Waals surface area contributed by atoms with Gasteiger partial charge in [-0.1, -0.05) is 39.0 Å². The van der Waals surface area contributed by atoms with E-state index in [1.54, 1.807) is 31.0 Å². The zero-order valence-corrected chi connectivity index (χ0v) is 26.3. The number of carbonyl (C=O) groups excluding carboxylic acids is 2. The van der Waals surface area contributed by atoms with Gasteiger partial charge in [0.25, 0.3) is 0 Å². The van der Waals surface area contributed by atoms with Gasteiger partial charge in [-0.15, -0.1) is 0 Å². The number of benzene rings is 2. The van der Waals surface area contributed by atoms with Crippen LogP contribution in [0.15, 0.2) is 58.3 Å². The van der Waals surface area contributed by atoms with Gasteiger partial charge in [0.2, 0.25) is 21.8 Å². The maximum atomic E-state index is 13.9. The minimum atomic E-state index is -4.16. The number of sulfonamides is 1. The molecule has 3 rings (SSSR count). The quantitative estimate of drug-likeness (QED) is 0.309. The molecule has 4 atom stereocenters. The minimum Gasteiger partial charge on any atom is -0.342 e. The van der Waals surface area contributed by atoms with Gasteiger partial charge in [-0.3, -0.25) is 9.59 Å².